The Kier molecular flexibility index (Phi) is 7.26. The summed E-state index contributed by atoms with van der Waals surface area (Å²) < 4.78 is 5.17. The van der Waals surface area contributed by atoms with E-state index in [9.17, 15) is 0 Å². The second kappa shape index (κ2) is 10.5. The van der Waals surface area contributed by atoms with E-state index in [1.165, 1.54) is 76.5 Å². The number of hydrogen-bond donors (Lipinski definition) is 0. The van der Waals surface area contributed by atoms with Gasteiger partial charge < -0.3 is 4.40 Å². The third-order valence-electron chi connectivity index (χ3n) is 10.4. The molecule has 0 fully saturated rings. The number of benzene rings is 4. The van der Waals surface area contributed by atoms with Crippen LogP contribution in [0.5, 0.6) is 0 Å². The van der Waals surface area contributed by atoms with Crippen molar-refractivity contribution in [3.05, 3.63) is 77.0 Å². The molecule has 7 rings (SSSR count). The Labute approximate surface area is 289 Å². The topological polar surface area (TPSA) is 8.29 Å². The summed E-state index contributed by atoms with van der Waals surface area (Å²) >= 11 is 0. The van der Waals surface area contributed by atoms with Crippen molar-refractivity contribution in [2.75, 3.05) is 0 Å². The van der Waals surface area contributed by atoms with E-state index in [0.717, 1.165) is 19.3 Å². The van der Waals surface area contributed by atoms with E-state index < -0.39 is 8.07 Å². The molecule has 4 aromatic carbocycles. The monoisotopic (exact) mass is 653 g/mol. The summed E-state index contributed by atoms with van der Waals surface area (Å²) in [5.74, 6) is 0. The van der Waals surface area contributed by atoms with Gasteiger partial charge in [0.15, 0.2) is 6.20 Å². The van der Waals surface area contributed by atoms with Crippen molar-refractivity contribution >= 4 is 73.0 Å². The zero-order valence-electron chi connectivity index (χ0n) is 32.2. The van der Waals surface area contributed by atoms with Crippen LogP contribution in [0, 0.1) is 23.2 Å². The number of pyridine rings is 2. The molecule has 2 nitrogen and oxygen atoms in total. The molecular formula is C45H57N2Si+. The molecule has 0 saturated heterocycles. The van der Waals surface area contributed by atoms with Crippen LogP contribution in [0.1, 0.15) is 84.6 Å². The Morgan fingerprint density at radius 1 is 0.625 bits per heavy atom. The maximum atomic E-state index is 2.73. The quantitative estimate of drug-likeness (QED) is 0.0773. The lowest BCUT2D eigenvalue weighted by Crippen LogP contribution is -2.42. The molecule has 0 radical (unpaired) electrons. The fraction of sp³-hybridized carbons (Fsp3) is 0.444. The third kappa shape index (κ3) is 5.23. The predicted molar refractivity (Wildman–Crippen MR) is 214 cm³/mol. The van der Waals surface area contributed by atoms with E-state index in [-0.39, 0.29) is 16.2 Å². The number of para-hydroxylation sites is 1. The molecule has 250 valence electrons. The highest BCUT2D eigenvalue weighted by Gasteiger charge is 2.35. The first-order chi connectivity index (χ1) is 22.2. The van der Waals surface area contributed by atoms with Crippen molar-refractivity contribution in [3.8, 4) is 0 Å². The van der Waals surface area contributed by atoms with Crippen molar-refractivity contribution in [2.24, 2.45) is 23.3 Å². The second-order valence-electron chi connectivity index (χ2n) is 19.7. The molecule has 7 aromatic rings. The van der Waals surface area contributed by atoms with Gasteiger partial charge in [0.25, 0.3) is 0 Å². The van der Waals surface area contributed by atoms with Crippen molar-refractivity contribution in [1.29, 1.82) is 0 Å². The Bertz CT molecular complexity index is 2410. The summed E-state index contributed by atoms with van der Waals surface area (Å²) in [5, 5.41) is 11.7. The fourth-order valence-corrected chi connectivity index (χ4v) is 11.1. The number of aryl methyl sites for hydroxylation is 2. The Morgan fingerprint density at radius 3 is 1.88 bits per heavy atom. The summed E-state index contributed by atoms with van der Waals surface area (Å²) in [5.41, 5.74) is 12.0. The molecule has 0 bridgehead atoms. The van der Waals surface area contributed by atoms with Gasteiger partial charge in [-0.3, -0.25) is 0 Å². The van der Waals surface area contributed by atoms with Crippen LogP contribution in [0.2, 0.25) is 19.6 Å². The zero-order chi connectivity index (χ0) is 34.9. The molecule has 0 N–H and O–H groups in total. The van der Waals surface area contributed by atoms with E-state index >= 15 is 0 Å². The van der Waals surface area contributed by atoms with Gasteiger partial charge in [0, 0.05) is 16.8 Å². The van der Waals surface area contributed by atoms with Gasteiger partial charge in [0.1, 0.15) is 7.05 Å². The lowest BCUT2D eigenvalue weighted by Gasteiger charge is -2.30. The van der Waals surface area contributed by atoms with Gasteiger partial charge in [-0.1, -0.05) is 118 Å². The molecule has 0 aliphatic carbocycles. The minimum atomic E-state index is -1.79. The number of hydrogen-bond acceptors (Lipinski definition) is 0. The summed E-state index contributed by atoms with van der Waals surface area (Å²) in [6, 6.07) is 19.2. The van der Waals surface area contributed by atoms with Gasteiger partial charge in [-0.25, -0.2) is 4.57 Å². The highest BCUT2D eigenvalue weighted by molar-refractivity contribution is 6.91. The first-order valence-electron chi connectivity index (χ1n) is 18.2. The van der Waals surface area contributed by atoms with Gasteiger partial charge >= 0.3 is 0 Å². The van der Waals surface area contributed by atoms with E-state index in [4.69, 9.17) is 0 Å². The van der Waals surface area contributed by atoms with Crippen LogP contribution in [0.25, 0.3) is 59.8 Å². The van der Waals surface area contributed by atoms with Crippen molar-refractivity contribution in [3.63, 3.8) is 0 Å². The van der Waals surface area contributed by atoms with Crippen LogP contribution < -0.4 is 9.75 Å². The van der Waals surface area contributed by atoms with E-state index in [0.29, 0.717) is 0 Å². The van der Waals surface area contributed by atoms with E-state index in [1.54, 1.807) is 10.8 Å². The average molecular weight is 654 g/mol. The standard InChI is InChI=1S/C45H57N2Si/c1-27-32-23-28(24-43(2,3)4)19-20-29(32)33(25-44(5,6)7)39-36(27)40-38-31(21-22-46(40)11)42(48(12,13)14)34(26-45(8,9)10)37-30-17-15-16-18-35(30)47(39)41(37)38/h15-23H,24-26H2,1-14H3/q+1. The van der Waals surface area contributed by atoms with Crippen LogP contribution in [0.3, 0.4) is 0 Å². The molecule has 48 heavy (non-hydrogen) atoms. The van der Waals surface area contributed by atoms with Gasteiger partial charge in [0.2, 0.25) is 5.52 Å². The average Bonchev–Trinajstić information content (AvgIpc) is 3.28. The van der Waals surface area contributed by atoms with Gasteiger partial charge in [0.05, 0.1) is 35.4 Å². The zero-order valence-corrected chi connectivity index (χ0v) is 33.2. The smallest absolute Gasteiger partial charge is 0.224 e. The maximum Gasteiger partial charge on any atom is 0.224 e. The largest absolute Gasteiger partial charge is 0.307 e. The van der Waals surface area contributed by atoms with Gasteiger partial charge in [-0.05, 0) is 92.1 Å². The second-order valence-corrected chi connectivity index (χ2v) is 24.7. The van der Waals surface area contributed by atoms with Crippen LogP contribution in [-0.2, 0) is 26.3 Å². The van der Waals surface area contributed by atoms with Crippen molar-refractivity contribution in [2.45, 2.75) is 108 Å². The number of nitrogens with zero attached hydrogens (tertiary/aromatic N) is 2. The molecule has 3 aromatic heterocycles. The summed E-state index contributed by atoms with van der Waals surface area (Å²) in [6.07, 6.45) is 5.51. The van der Waals surface area contributed by atoms with Crippen molar-refractivity contribution in [1.82, 2.24) is 4.40 Å². The normalized spacial score (nSPS) is 13.9. The molecule has 3 heterocycles. The molecule has 0 aliphatic heterocycles. The molecule has 0 atom stereocenters. The van der Waals surface area contributed by atoms with Gasteiger partial charge in [-0.15, -0.1) is 0 Å². The maximum absolute atomic E-state index is 2.73. The minimum absolute atomic E-state index is 0.121. The van der Waals surface area contributed by atoms with Crippen LogP contribution >= 0.6 is 0 Å². The van der Waals surface area contributed by atoms with Crippen LogP contribution in [0.15, 0.2) is 54.7 Å². The lowest BCUT2D eigenvalue weighted by atomic mass is 9.81. The molecule has 0 aliphatic rings. The van der Waals surface area contributed by atoms with E-state index in [1.807, 2.05) is 0 Å². The highest BCUT2D eigenvalue weighted by atomic mass is 28.3. The van der Waals surface area contributed by atoms with Crippen LogP contribution in [-0.4, -0.2) is 12.5 Å². The first-order valence-corrected chi connectivity index (χ1v) is 21.7. The summed E-state index contributed by atoms with van der Waals surface area (Å²) in [6.45, 7) is 31.6. The SMILES string of the molecule is Cc1c2cc(CC(C)(C)C)ccc2c(CC(C)(C)C)c2c1c1c3c(cc[n+]1C)c([Si](C)(C)C)c(CC(C)(C)C)c1c4ccccc4n2c13. The Morgan fingerprint density at radius 2 is 1.25 bits per heavy atom. The Hall–Kier alpha value is -3.43. The van der Waals surface area contributed by atoms with E-state index in [2.05, 4.69) is 160 Å². The van der Waals surface area contributed by atoms with Gasteiger partial charge in [-0.2, -0.15) is 0 Å². The highest BCUT2D eigenvalue weighted by Crippen LogP contribution is 2.47. The lowest BCUT2D eigenvalue weighted by molar-refractivity contribution is -0.643. The Balaban J connectivity index is 1.87. The number of aromatic nitrogens is 2. The minimum Gasteiger partial charge on any atom is -0.307 e. The molecule has 0 unspecified atom stereocenters. The fourth-order valence-electron chi connectivity index (χ4n) is 8.99. The number of fused-ring (bicyclic) bond motifs is 7. The molecule has 0 saturated carbocycles. The number of rotatable bonds is 4. The predicted octanol–water partition coefficient (Wildman–Crippen LogP) is 11.6. The molecular weight excluding hydrogens is 597 g/mol. The molecule has 3 heteroatoms. The summed E-state index contributed by atoms with van der Waals surface area (Å²) in [4.78, 5) is 0. The van der Waals surface area contributed by atoms with Crippen LogP contribution in [0.4, 0.5) is 0 Å². The molecule has 0 spiro atoms. The first kappa shape index (κ1) is 33.1. The molecule has 0 amide bonds. The van der Waals surface area contributed by atoms with Crippen molar-refractivity contribution < 1.29 is 4.57 Å². The summed E-state index contributed by atoms with van der Waals surface area (Å²) in [7, 11) is 0.487. The third-order valence-corrected chi connectivity index (χ3v) is 12.4.